The van der Waals surface area contributed by atoms with Crippen LogP contribution in [0.5, 0.6) is 5.75 Å². The molecule has 6 rings (SSSR count). The van der Waals surface area contributed by atoms with E-state index >= 15 is 0 Å². The van der Waals surface area contributed by atoms with Crippen molar-refractivity contribution < 1.29 is 26.3 Å². The molecule has 1 saturated heterocycles. The van der Waals surface area contributed by atoms with E-state index in [2.05, 4.69) is 21.6 Å². The minimum Gasteiger partial charge on any atom is -0.495 e. The standard InChI is InChI=1S/C33H39F3N4O3S/c1-43-31-19-26(44(2,41)42)13-14-30(31)39(24-11-9-23(10-12-24)38-20-32(21-38)15-5-16-32)17-4-6-25-18-27-28(37)7-3-8-29(27)40(25)22-33(34,35)36/h3,7-8,13-14,18-19,23-24H,5,9-12,15-17,20-22,37H2,1-2H3. The SMILES string of the molecule is COc1cc(S(C)(=O)=O)ccc1N(CC#Cc1cc2c(N)cccc2n1CC(F)(F)F)C1CCC(N2CC3(CCC3)C2)CC1. The maximum Gasteiger partial charge on any atom is 0.406 e. The van der Waals surface area contributed by atoms with Crippen LogP contribution in [-0.4, -0.2) is 69.1 Å². The van der Waals surface area contributed by atoms with Gasteiger partial charge in [0.05, 0.1) is 35.4 Å². The Hall–Kier alpha value is -3.36. The van der Waals surface area contributed by atoms with E-state index in [9.17, 15) is 21.6 Å². The predicted octanol–water partition coefficient (Wildman–Crippen LogP) is 5.85. The average Bonchev–Trinajstić information content (AvgIpc) is 3.26. The van der Waals surface area contributed by atoms with Crippen LogP contribution in [0.4, 0.5) is 24.5 Å². The number of methoxy groups -OCH3 is 1. The number of benzene rings is 2. The third-order valence-corrected chi connectivity index (χ3v) is 10.9. The maximum atomic E-state index is 13.6. The first-order valence-corrected chi connectivity index (χ1v) is 17.1. The zero-order valence-corrected chi connectivity index (χ0v) is 26.0. The summed E-state index contributed by atoms with van der Waals surface area (Å²) in [5, 5.41) is 0.531. The number of sulfone groups is 1. The fourth-order valence-corrected chi connectivity index (χ4v) is 7.95. The van der Waals surface area contributed by atoms with Gasteiger partial charge in [-0.05, 0) is 80.2 Å². The summed E-state index contributed by atoms with van der Waals surface area (Å²) in [4.78, 5) is 4.92. The molecule has 2 saturated carbocycles. The van der Waals surface area contributed by atoms with Gasteiger partial charge in [0, 0.05) is 48.6 Å². The minimum absolute atomic E-state index is 0.120. The zero-order chi connectivity index (χ0) is 31.3. The number of alkyl halides is 3. The van der Waals surface area contributed by atoms with Crippen molar-refractivity contribution in [3.05, 3.63) is 48.2 Å². The molecular weight excluding hydrogens is 589 g/mol. The number of nitrogens with two attached hydrogens (primary N) is 1. The summed E-state index contributed by atoms with van der Waals surface area (Å²) in [6.45, 7) is 1.47. The first-order chi connectivity index (χ1) is 20.9. The molecule has 2 aliphatic carbocycles. The Morgan fingerprint density at radius 3 is 2.43 bits per heavy atom. The molecule has 2 heterocycles. The van der Waals surface area contributed by atoms with Crippen LogP contribution in [0.15, 0.2) is 47.4 Å². The van der Waals surface area contributed by atoms with Gasteiger partial charge in [0.2, 0.25) is 0 Å². The van der Waals surface area contributed by atoms with Gasteiger partial charge in [0.15, 0.2) is 9.84 Å². The molecule has 0 bridgehead atoms. The smallest absolute Gasteiger partial charge is 0.406 e. The molecule has 7 nitrogen and oxygen atoms in total. The van der Waals surface area contributed by atoms with Crippen molar-refractivity contribution in [2.24, 2.45) is 5.41 Å². The lowest BCUT2D eigenvalue weighted by Gasteiger charge is -2.59. The highest BCUT2D eigenvalue weighted by molar-refractivity contribution is 7.90. The van der Waals surface area contributed by atoms with Gasteiger partial charge in [-0.15, -0.1) is 0 Å². The molecule has 0 atom stereocenters. The summed E-state index contributed by atoms with van der Waals surface area (Å²) in [6.07, 6.45) is 4.73. The van der Waals surface area contributed by atoms with Gasteiger partial charge in [-0.3, -0.25) is 4.90 Å². The number of ether oxygens (including phenoxy) is 1. The quantitative estimate of drug-likeness (QED) is 0.261. The van der Waals surface area contributed by atoms with E-state index in [1.165, 1.54) is 45.5 Å². The van der Waals surface area contributed by atoms with Gasteiger partial charge < -0.3 is 19.9 Å². The molecule has 236 valence electrons. The van der Waals surface area contributed by atoms with Gasteiger partial charge >= 0.3 is 6.18 Å². The second kappa shape index (κ2) is 11.5. The first-order valence-electron chi connectivity index (χ1n) is 15.2. The van der Waals surface area contributed by atoms with Crippen LogP contribution in [0.3, 0.4) is 0 Å². The molecule has 2 aromatic carbocycles. The van der Waals surface area contributed by atoms with Gasteiger partial charge in [0.1, 0.15) is 12.3 Å². The molecule has 3 aliphatic rings. The third kappa shape index (κ3) is 6.11. The molecule has 1 aliphatic heterocycles. The first kappa shape index (κ1) is 30.7. The zero-order valence-electron chi connectivity index (χ0n) is 25.2. The third-order valence-electron chi connectivity index (χ3n) is 9.79. The van der Waals surface area contributed by atoms with Crippen molar-refractivity contribution in [1.29, 1.82) is 0 Å². The summed E-state index contributed by atoms with van der Waals surface area (Å²) in [5.41, 5.74) is 8.40. The summed E-state index contributed by atoms with van der Waals surface area (Å²) < 4.78 is 72.0. The highest BCUT2D eigenvalue weighted by atomic mass is 32.2. The molecule has 0 radical (unpaired) electrons. The Labute approximate surface area is 257 Å². The number of fused-ring (bicyclic) bond motifs is 1. The number of nitrogens with zero attached hydrogens (tertiary/aromatic N) is 3. The van der Waals surface area contributed by atoms with Crippen LogP contribution in [0.25, 0.3) is 10.9 Å². The summed E-state index contributed by atoms with van der Waals surface area (Å²) in [5.74, 6) is 6.57. The molecular formula is C33H39F3N4O3S. The fourth-order valence-electron chi connectivity index (χ4n) is 7.31. The van der Waals surface area contributed by atoms with Crippen LogP contribution in [0, 0.1) is 17.3 Å². The molecule has 3 fully saturated rings. The van der Waals surface area contributed by atoms with E-state index in [0.717, 1.165) is 42.2 Å². The van der Waals surface area contributed by atoms with Crippen LogP contribution in [0.1, 0.15) is 50.6 Å². The molecule has 0 amide bonds. The Morgan fingerprint density at radius 1 is 1.09 bits per heavy atom. The van der Waals surface area contributed by atoms with Gasteiger partial charge in [-0.25, -0.2) is 8.42 Å². The molecule has 1 spiro atoms. The van der Waals surface area contributed by atoms with Crippen LogP contribution >= 0.6 is 0 Å². The largest absolute Gasteiger partial charge is 0.495 e. The lowest BCUT2D eigenvalue weighted by Crippen LogP contribution is -2.63. The van der Waals surface area contributed by atoms with Crippen LogP contribution in [0.2, 0.25) is 0 Å². The van der Waals surface area contributed by atoms with Crippen molar-refractivity contribution in [1.82, 2.24) is 9.47 Å². The van der Waals surface area contributed by atoms with E-state index in [-0.39, 0.29) is 23.2 Å². The van der Waals surface area contributed by atoms with E-state index in [4.69, 9.17) is 10.5 Å². The number of likely N-dealkylation sites (tertiary alicyclic amines) is 1. The van der Waals surface area contributed by atoms with Gasteiger partial charge in [-0.2, -0.15) is 13.2 Å². The topological polar surface area (TPSA) is 80.8 Å². The van der Waals surface area contributed by atoms with E-state index in [0.29, 0.717) is 33.8 Å². The number of anilines is 2. The van der Waals surface area contributed by atoms with Crippen molar-refractivity contribution in [3.63, 3.8) is 0 Å². The maximum absolute atomic E-state index is 13.6. The lowest BCUT2D eigenvalue weighted by atomic mass is 9.63. The summed E-state index contributed by atoms with van der Waals surface area (Å²) in [7, 11) is -1.94. The molecule has 2 N–H and O–H groups in total. The van der Waals surface area contributed by atoms with E-state index in [1.54, 1.807) is 36.4 Å². The normalized spacial score (nSPS) is 21.8. The highest BCUT2D eigenvalue weighted by Crippen LogP contribution is 2.50. The number of hydrogen-bond acceptors (Lipinski definition) is 6. The number of halogens is 3. The summed E-state index contributed by atoms with van der Waals surface area (Å²) in [6, 6.07) is 12.1. The monoisotopic (exact) mass is 628 g/mol. The molecule has 0 unspecified atom stereocenters. The van der Waals surface area contributed by atoms with Crippen LogP contribution in [-0.2, 0) is 16.4 Å². The Balaban J connectivity index is 1.29. The number of rotatable bonds is 7. The Morgan fingerprint density at radius 2 is 1.82 bits per heavy atom. The average molecular weight is 629 g/mol. The van der Waals surface area contributed by atoms with Crippen LogP contribution < -0.4 is 15.4 Å². The van der Waals surface area contributed by atoms with Crippen molar-refractivity contribution in [2.75, 3.05) is 43.6 Å². The molecule has 1 aromatic heterocycles. The Kier molecular flexibility index (Phi) is 8.03. The fraction of sp³-hybridized carbons (Fsp3) is 0.515. The molecule has 3 aromatic rings. The van der Waals surface area contributed by atoms with Crippen molar-refractivity contribution >= 4 is 32.1 Å². The second-order valence-corrected chi connectivity index (χ2v) is 14.8. The number of nitrogen functional groups attached to an aromatic ring is 1. The second-order valence-electron chi connectivity index (χ2n) is 12.8. The highest BCUT2D eigenvalue weighted by Gasteiger charge is 2.49. The number of aromatic nitrogens is 1. The predicted molar refractivity (Wildman–Crippen MR) is 167 cm³/mol. The van der Waals surface area contributed by atoms with Crippen molar-refractivity contribution in [3.8, 4) is 17.6 Å². The number of hydrogen-bond donors (Lipinski definition) is 1. The molecule has 44 heavy (non-hydrogen) atoms. The minimum atomic E-state index is -4.43. The van der Waals surface area contributed by atoms with E-state index in [1.807, 2.05) is 0 Å². The Bertz CT molecular complexity index is 1700. The van der Waals surface area contributed by atoms with Crippen molar-refractivity contribution in [2.45, 2.75) is 74.6 Å². The molecule has 11 heteroatoms. The lowest BCUT2D eigenvalue weighted by molar-refractivity contribution is -0.140. The van der Waals surface area contributed by atoms with Gasteiger partial charge in [-0.1, -0.05) is 18.4 Å². The van der Waals surface area contributed by atoms with E-state index < -0.39 is 22.6 Å². The van der Waals surface area contributed by atoms with Gasteiger partial charge in [0.25, 0.3) is 0 Å². The summed E-state index contributed by atoms with van der Waals surface area (Å²) >= 11 is 0.